The van der Waals surface area contributed by atoms with Crippen LogP contribution in [0, 0.1) is 5.41 Å². The predicted octanol–water partition coefficient (Wildman–Crippen LogP) is -0.480. The number of Topliss-reactive ketones (excluding diaryl/α,β-unsaturated/α-hetero) is 1. The summed E-state index contributed by atoms with van der Waals surface area (Å²) in [4.78, 5) is 100. The first-order valence-electron chi connectivity index (χ1n) is 17.3. The third kappa shape index (κ3) is 13.9. The number of ether oxygens (including phenoxy) is 1. The smallest absolute Gasteiger partial charge is 0.398 e. The lowest BCUT2D eigenvalue weighted by molar-refractivity contribution is -0.137. The molecule has 3 heterocycles. The average Bonchev–Trinajstić information content (AvgIpc) is 3.71. The van der Waals surface area contributed by atoms with Crippen molar-refractivity contribution in [2.45, 2.75) is 57.3 Å². The van der Waals surface area contributed by atoms with Gasteiger partial charge in [0.05, 0.1) is 26.0 Å². The van der Waals surface area contributed by atoms with Gasteiger partial charge in [-0.1, -0.05) is 37.7 Å². The van der Waals surface area contributed by atoms with Crippen molar-refractivity contribution in [2.24, 2.45) is 5.41 Å². The Labute approximate surface area is 344 Å². The first-order chi connectivity index (χ1) is 27.9. The van der Waals surface area contributed by atoms with Gasteiger partial charge in [0.15, 0.2) is 28.6 Å². The number of anilines is 2. The fourth-order valence-electron chi connectivity index (χ4n) is 5.32. The zero-order chi connectivity index (χ0) is 44.6. The Morgan fingerprint density at radius 1 is 1.00 bits per heavy atom. The van der Waals surface area contributed by atoms with E-state index in [0.717, 1.165) is 29.0 Å². The minimum Gasteiger partial charge on any atom is -0.398 e. The summed E-state index contributed by atoms with van der Waals surface area (Å²) in [5.41, 5.74) is 10.4. The summed E-state index contributed by atoms with van der Waals surface area (Å²) in [5, 5.41) is 25.9. The van der Waals surface area contributed by atoms with Gasteiger partial charge in [0, 0.05) is 41.9 Å². The van der Waals surface area contributed by atoms with E-state index in [9.17, 15) is 62.7 Å². The van der Waals surface area contributed by atoms with Crippen LogP contribution in [0.15, 0.2) is 36.9 Å². The predicted molar refractivity (Wildman–Crippen MR) is 207 cm³/mol. The number of nitrogens with one attached hydrogen (secondary N) is 2. The van der Waals surface area contributed by atoms with Gasteiger partial charge in [-0.25, -0.2) is 28.6 Å². The number of aliphatic hydroxyl groups excluding tert-OH is 2. The van der Waals surface area contributed by atoms with Crippen LogP contribution in [0.1, 0.15) is 43.3 Å². The summed E-state index contributed by atoms with van der Waals surface area (Å²) >= 11 is 0.837. The molecule has 0 radical (unpaired) electrons. The Balaban J connectivity index is 1.20. The number of fused-ring (bicyclic) bond motifs is 1. The number of rotatable bonds is 22. The van der Waals surface area contributed by atoms with Crippen LogP contribution in [-0.4, -0.2) is 128 Å². The zero-order valence-electron chi connectivity index (χ0n) is 31.6. The summed E-state index contributed by atoms with van der Waals surface area (Å²) in [6.07, 6.45) is -7.48. The van der Waals surface area contributed by atoms with Crippen molar-refractivity contribution in [3.8, 4) is 0 Å². The molecule has 2 aromatic heterocycles. The summed E-state index contributed by atoms with van der Waals surface area (Å²) in [7, 11) is -16.5. The van der Waals surface area contributed by atoms with E-state index in [4.69, 9.17) is 25.3 Å². The maximum absolute atomic E-state index is 12.7. The van der Waals surface area contributed by atoms with E-state index < -0.39 is 95.5 Å². The number of phosphoric ester groups is 3. The Kier molecular flexibility index (Phi) is 16.6. The molecule has 0 spiro atoms. The lowest BCUT2D eigenvalue weighted by Gasteiger charge is -2.30. The Morgan fingerprint density at radius 3 is 2.37 bits per heavy atom. The van der Waals surface area contributed by atoms with E-state index >= 15 is 0 Å². The molecule has 332 valence electrons. The normalized spacial score (nSPS) is 20.9. The fraction of sp³-hybridized carbons (Fsp3) is 0.500. The van der Waals surface area contributed by atoms with Crippen LogP contribution in [0.4, 0.5) is 11.5 Å². The van der Waals surface area contributed by atoms with Crippen LogP contribution in [0.3, 0.4) is 0 Å². The van der Waals surface area contributed by atoms with E-state index in [1.165, 1.54) is 19.9 Å². The number of phosphoric acid groups is 3. The van der Waals surface area contributed by atoms with Crippen LogP contribution in [-0.2, 0) is 50.7 Å². The summed E-state index contributed by atoms with van der Waals surface area (Å²) in [5.74, 6) is -1.87. The molecule has 0 bridgehead atoms. The SMILES string of the molecule is CC(C)(COP(=O)(O)OP(=O)(O)OC[C@H]1O[C@@H](n2cnc3c(N)ncnc32)[C@H](O)[C@@H]1OP(=O)(O)O)C(O)C(=O)NCCC(=O)NCCSC(=O)CC(=O)c1ccccc1N. The second-order valence-corrected chi connectivity index (χ2v) is 18.9. The number of nitrogens with two attached hydrogens (primary N) is 2. The third-order valence-electron chi connectivity index (χ3n) is 8.33. The van der Waals surface area contributed by atoms with E-state index in [1.807, 2.05) is 0 Å². The van der Waals surface area contributed by atoms with Gasteiger partial charge >= 0.3 is 23.5 Å². The van der Waals surface area contributed by atoms with Gasteiger partial charge in [-0.2, -0.15) is 4.31 Å². The van der Waals surface area contributed by atoms with Crippen LogP contribution in [0.25, 0.3) is 11.2 Å². The Bertz CT molecular complexity index is 2190. The molecule has 4 rings (SSSR count). The van der Waals surface area contributed by atoms with Gasteiger partial charge in [0.25, 0.3) is 0 Å². The molecule has 1 aliphatic rings. The van der Waals surface area contributed by atoms with Crippen LogP contribution in [0.2, 0.25) is 0 Å². The minimum atomic E-state index is -5.59. The highest BCUT2D eigenvalue weighted by atomic mass is 32.2. The molecule has 3 unspecified atom stereocenters. The maximum Gasteiger partial charge on any atom is 0.481 e. The molecule has 26 nitrogen and oxygen atoms in total. The number of imidazole rings is 1. The Hall–Kier alpha value is -3.75. The summed E-state index contributed by atoms with van der Waals surface area (Å²) < 4.78 is 62.1. The molecule has 1 saturated heterocycles. The first kappa shape index (κ1) is 48.9. The molecule has 60 heavy (non-hydrogen) atoms. The second kappa shape index (κ2) is 20.4. The van der Waals surface area contributed by atoms with Gasteiger partial charge in [0.2, 0.25) is 11.8 Å². The number of aliphatic hydroxyl groups is 2. The van der Waals surface area contributed by atoms with Gasteiger partial charge in [-0.05, 0) is 12.1 Å². The average molecular weight is 929 g/mol. The fourth-order valence-corrected chi connectivity index (χ4v) is 8.82. The van der Waals surface area contributed by atoms with E-state index in [2.05, 4.69) is 34.4 Å². The lowest BCUT2D eigenvalue weighted by Crippen LogP contribution is -2.46. The molecule has 2 amide bonds. The number of carbonyl (C=O) groups excluding carboxylic acids is 4. The van der Waals surface area contributed by atoms with Gasteiger partial charge in [0.1, 0.15) is 36.3 Å². The highest BCUT2D eigenvalue weighted by Crippen LogP contribution is 2.61. The van der Waals surface area contributed by atoms with Crippen molar-refractivity contribution < 1.29 is 85.3 Å². The van der Waals surface area contributed by atoms with Crippen LogP contribution in [0.5, 0.6) is 0 Å². The zero-order valence-corrected chi connectivity index (χ0v) is 35.1. The van der Waals surface area contributed by atoms with E-state index in [1.54, 1.807) is 18.2 Å². The number of aromatic nitrogens is 4. The lowest BCUT2D eigenvalue weighted by atomic mass is 9.87. The number of para-hydroxylation sites is 1. The van der Waals surface area contributed by atoms with Crippen molar-refractivity contribution in [1.82, 2.24) is 30.2 Å². The molecule has 3 aromatic rings. The standard InChI is InChI=1S/C30H43N8O18P3S/c1-30(2,25(43)28(44)34-8-7-20(40)33-9-10-60-21(41)11-18(39)16-5-3-4-6-17(16)31)13-53-59(50,51)56-58(48,49)52-12-19-24(55-57(45,46)47)23(42)29(54-19)38-15-37-22-26(32)35-14-36-27(22)38/h3-6,14-15,19,23-25,29,42-43H,7-13,31H2,1-2H3,(H,33,40)(H,34,44)(H,48,49)(H,50,51)(H2,32,35,36)(H2,45,46,47)/t19-,23-,24-,25?,29-/m1/s1. The van der Waals surface area contributed by atoms with Gasteiger partial charge < -0.3 is 56.6 Å². The largest absolute Gasteiger partial charge is 0.481 e. The topological polar surface area (TPSA) is 407 Å². The van der Waals surface area contributed by atoms with Crippen molar-refractivity contribution >= 4 is 80.6 Å². The molecule has 1 aromatic carbocycles. The highest BCUT2D eigenvalue weighted by Gasteiger charge is 2.50. The molecule has 30 heteroatoms. The molecule has 1 fully saturated rings. The summed E-state index contributed by atoms with van der Waals surface area (Å²) in [6, 6.07) is 6.32. The number of nitrogens with zero attached hydrogens (tertiary/aromatic N) is 4. The molecular formula is C30H43N8O18P3S. The number of nitrogen functional groups attached to an aromatic ring is 2. The molecular weight excluding hydrogens is 885 g/mol. The van der Waals surface area contributed by atoms with Crippen molar-refractivity contribution in [2.75, 3.05) is 43.5 Å². The molecule has 0 saturated carbocycles. The number of benzene rings is 1. The highest BCUT2D eigenvalue weighted by molar-refractivity contribution is 8.13. The number of carbonyl (C=O) groups is 4. The first-order valence-corrected chi connectivity index (χ1v) is 22.8. The molecule has 12 N–H and O–H groups in total. The van der Waals surface area contributed by atoms with Crippen LogP contribution >= 0.6 is 35.2 Å². The number of amides is 2. The number of hydrogen-bond acceptors (Lipinski definition) is 20. The minimum absolute atomic E-state index is 0.0201. The monoisotopic (exact) mass is 928 g/mol. The quantitative estimate of drug-likeness (QED) is 0.0200. The molecule has 0 aliphatic carbocycles. The van der Waals surface area contributed by atoms with E-state index in [0.29, 0.717) is 0 Å². The second-order valence-electron chi connectivity index (χ2n) is 13.5. The molecule has 7 atom stereocenters. The number of hydrogen-bond donors (Lipinski definition) is 10. The third-order valence-corrected chi connectivity index (χ3v) is 12.3. The van der Waals surface area contributed by atoms with Crippen LogP contribution < -0.4 is 22.1 Å². The number of thioether (sulfide) groups is 1. The van der Waals surface area contributed by atoms with E-state index in [-0.39, 0.29) is 59.9 Å². The Morgan fingerprint density at radius 2 is 1.68 bits per heavy atom. The van der Waals surface area contributed by atoms with Crippen molar-refractivity contribution in [3.05, 3.63) is 42.5 Å². The molecule has 1 aliphatic heterocycles. The van der Waals surface area contributed by atoms with Crippen molar-refractivity contribution in [3.63, 3.8) is 0 Å². The summed E-state index contributed by atoms with van der Waals surface area (Å²) in [6.45, 7) is 0.197. The van der Waals surface area contributed by atoms with Crippen molar-refractivity contribution in [1.29, 1.82) is 0 Å². The van der Waals surface area contributed by atoms with Gasteiger partial charge in [-0.15, -0.1) is 0 Å². The number of ketones is 1. The van der Waals surface area contributed by atoms with Gasteiger partial charge in [-0.3, -0.25) is 37.3 Å². The maximum atomic E-state index is 12.7.